The van der Waals surface area contributed by atoms with Crippen molar-refractivity contribution in [2.24, 2.45) is 5.10 Å². The van der Waals surface area contributed by atoms with Gasteiger partial charge in [0, 0.05) is 24.8 Å². The van der Waals surface area contributed by atoms with Gasteiger partial charge in [-0.1, -0.05) is 29.8 Å². The van der Waals surface area contributed by atoms with Crippen LogP contribution in [-0.2, 0) is 11.2 Å². The van der Waals surface area contributed by atoms with Gasteiger partial charge in [0.1, 0.15) is 5.82 Å². The molecule has 3 N–H and O–H groups in total. The van der Waals surface area contributed by atoms with Gasteiger partial charge in [-0.3, -0.25) is 0 Å². The summed E-state index contributed by atoms with van der Waals surface area (Å²) in [6.07, 6.45) is 3.06. The molecular formula is C20H29N5O3Si. The largest absolute Gasteiger partial charge is 0.411 e. The summed E-state index contributed by atoms with van der Waals surface area (Å²) in [7, 11) is -3.04. The Morgan fingerprint density at radius 3 is 2.76 bits per heavy atom. The Labute approximate surface area is 172 Å². The van der Waals surface area contributed by atoms with E-state index in [1.54, 1.807) is 6.21 Å². The van der Waals surface area contributed by atoms with E-state index in [0.717, 1.165) is 30.2 Å². The van der Waals surface area contributed by atoms with E-state index >= 15 is 0 Å². The van der Waals surface area contributed by atoms with Crippen LogP contribution in [0.4, 0.5) is 11.8 Å². The molecule has 1 aliphatic rings. The number of aromatic nitrogens is 2. The summed E-state index contributed by atoms with van der Waals surface area (Å²) < 4.78 is 5.43. The molecule has 9 heteroatoms. The average molecular weight is 416 g/mol. The number of hydrogen-bond acceptors (Lipinski definition) is 8. The number of anilines is 2. The number of hydrazone groups is 1. The molecule has 2 aromatic rings. The molecule has 0 bridgehead atoms. The summed E-state index contributed by atoms with van der Waals surface area (Å²) >= 11 is 0. The predicted molar refractivity (Wildman–Crippen MR) is 117 cm³/mol. The molecule has 3 rings (SSSR count). The molecular weight excluding hydrogens is 386 g/mol. The highest BCUT2D eigenvalue weighted by atomic mass is 28.4. The third-order valence-electron chi connectivity index (χ3n) is 4.60. The highest BCUT2D eigenvalue weighted by Crippen LogP contribution is 2.19. The lowest BCUT2D eigenvalue weighted by Gasteiger charge is -2.28. The molecule has 29 heavy (non-hydrogen) atoms. The van der Waals surface area contributed by atoms with Crippen LogP contribution < -0.4 is 10.3 Å². The van der Waals surface area contributed by atoms with E-state index in [1.807, 2.05) is 37.3 Å². The van der Waals surface area contributed by atoms with E-state index in [9.17, 15) is 9.59 Å². The van der Waals surface area contributed by atoms with Gasteiger partial charge in [0.15, 0.2) is 0 Å². The van der Waals surface area contributed by atoms with Crippen LogP contribution in [-0.4, -0.2) is 60.6 Å². The van der Waals surface area contributed by atoms with Crippen LogP contribution in [0.25, 0.3) is 0 Å². The van der Waals surface area contributed by atoms with E-state index in [4.69, 9.17) is 4.74 Å². The molecule has 8 nitrogen and oxygen atoms in total. The first-order valence-electron chi connectivity index (χ1n) is 9.90. The lowest BCUT2D eigenvalue weighted by Crippen LogP contribution is -2.37. The van der Waals surface area contributed by atoms with E-state index in [1.165, 1.54) is 12.1 Å². The average Bonchev–Trinajstić information content (AvgIpc) is 2.68. The minimum absolute atomic E-state index is 0.415. The number of rotatable bonds is 8. The van der Waals surface area contributed by atoms with Crippen molar-refractivity contribution in [1.29, 1.82) is 0 Å². The number of morpholine rings is 1. The lowest BCUT2D eigenvalue weighted by atomic mass is 10.2. The maximum atomic E-state index is 9.66. The molecule has 1 saturated heterocycles. The minimum atomic E-state index is -3.04. The van der Waals surface area contributed by atoms with E-state index in [2.05, 4.69) is 25.4 Å². The number of nitrogens with zero attached hydrogens (tertiary/aromatic N) is 4. The first-order chi connectivity index (χ1) is 13.9. The summed E-state index contributed by atoms with van der Waals surface area (Å²) in [5, 5.41) is 4.28. The zero-order chi connectivity index (χ0) is 20.7. The second-order valence-electron chi connectivity index (χ2n) is 7.50. The molecule has 0 saturated carbocycles. The molecule has 0 spiro atoms. The molecule has 156 valence electrons. The van der Waals surface area contributed by atoms with Crippen molar-refractivity contribution in [3.05, 3.63) is 47.2 Å². The number of nitrogens with one attached hydrogen (secondary N) is 1. The Hall–Kier alpha value is -2.33. The molecule has 2 heterocycles. The van der Waals surface area contributed by atoms with Crippen molar-refractivity contribution in [1.82, 2.24) is 9.97 Å². The fourth-order valence-corrected chi connectivity index (χ4v) is 3.98. The molecule has 0 aliphatic carbocycles. The Balaban J connectivity index is 1.73. The molecule has 1 fully saturated rings. The normalized spacial score (nSPS) is 15.1. The van der Waals surface area contributed by atoms with Crippen LogP contribution in [0.3, 0.4) is 0 Å². The van der Waals surface area contributed by atoms with Gasteiger partial charge < -0.3 is 19.2 Å². The monoisotopic (exact) mass is 415 g/mol. The highest BCUT2D eigenvalue weighted by molar-refractivity contribution is 6.63. The molecule has 0 atom stereocenters. The smallest absolute Gasteiger partial charge is 0.329 e. The van der Waals surface area contributed by atoms with E-state index in [-0.39, 0.29) is 0 Å². The summed E-state index contributed by atoms with van der Waals surface area (Å²) in [5.74, 6) is 1.26. The number of hydrogen-bond donors (Lipinski definition) is 3. The van der Waals surface area contributed by atoms with Crippen LogP contribution in [0.5, 0.6) is 0 Å². The topological polar surface area (TPSA) is 103 Å². The molecule has 0 amide bonds. The minimum Gasteiger partial charge on any atom is -0.411 e. The zero-order valence-corrected chi connectivity index (χ0v) is 18.0. The summed E-state index contributed by atoms with van der Waals surface area (Å²) in [6, 6.07) is 10.4. The number of benzene rings is 1. The molecule has 1 aromatic carbocycles. The second kappa shape index (κ2) is 9.93. The maximum Gasteiger partial charge on any atom is 0.329 e. The lowest BCUT2D eigenvalue weighted by molar-refractivity contribution is 0.122. The highest BCUT2D eigenvalue weighted by Gasteiger charge is 2.21. The Bertz CT molecular complexity index is 835. The third-order valence-corrected chi connectivity index (χ3v) is 5.91. The zero-order valence-electron chi connectivity index (χ0n) is 17.0. The van der Waals surface area contributed by atoms with Crippen molar-refractivity contribution < 1.29 is 14.3 Å². The Morgan fingerprint density at radius 1 is 1.24 bits per heavy atom. The van der Waals surface area contributed by atoms with Crippen molar-refractivity contribution >= 4 is 26.5 Å². The molecule has 1 aliphatic heterocycles. The fraction of sp³-hybridized carbons (Fsp3) is 0.450. The first kappa shape index (κ1) is 21.4. The standard InChI is InChI=1S/C20H29N5O3Si/c1-16-5-3-6-17(13-16)15-21-24-20-22-18(7-4-12-29(2,26)27)14-19(23-20)25-8-10-28-11-9-25/h3,5-6,13-15,26-27H,4,7-12H2,1-2H3,(H,22,23,24). The van der Waals surface area contributed by atoms with E-state index in [0.29, 0.717) is 38.0 Å². The van der Waals surface area contributed by atoms with Crippen molar-refractivity contribution in [3.8, 4) is 0 Å². The van der Waals surface area contributed by atoms with Gasteiger partial charge in [0.25, 0.3) is 0 Å². The summed E-state index contributed by atoms with van der Waals surface area (Å²) in [6.45, 7) is 6.47. The van der Waals surface area contributed by atoms with Crippen molar-refractivity contribution in [2.45, 2.75) is 32.4 Å². The summed E-state index contributed by atoms with van der Waals surface area (Å²) in [5.41, 5.74) is 5.96. The third kappa shape index (κ3) is 7.21. The van der Waals surface area contributed by atoms with Gasteiger partial charge in [-0.2, -0.15) is 10.1 Å². The van der Waals surface area contributed by atoms with Gasteiger partial charge in [0.2, 0.25) is 5.95 Å². The fourth-order valence-electron chi connectivity index (χ4n) is 3.13. The number of aryl methyl sites for hydroxylation is 2. The molecule has 1 aromatic heterocycles. The summed E-state index contributed by atoms with van der Waals surface area (Å²) in [4.78, 5) is 30.7. The first-order valence-corrected chi connectivity index (χ1v) is 12.5. The van der Waals surface area contributed by atoms with Crippen LogP contribution in [0.15, 0.2) is 35.4 Å². The van der Waals surface area contributed by atoms with Crippen LogP contribution >= 0.6 is 0 Å². The van der Waals surface area contributed by atoms with Gasteiger partial charge >= 0.3 is 8.56 Å². The predicted octanol–water partition coefficient (Wildman–Crippen LogP) is 2.06. The van der Waals surface area contributed by atoms with Crippen LogP contribution in [0.1, 0.15) is 23.2 Å². The Morgan fingerprint density at radius 2 is 2.03 bits per heavy atom. The van der Waals surface area contributed by atoms with Crippen molar-refractivity contribution in [2.75, 3.05) is 36.6 Å². The molecule has 0 radical (unpaired) electrons. The Kier molecular flexibility index (Phi) is 7.32. The van der Waals surface area contributed by atoms with Crippen LogP contribution in [0.2, 0.25) is 12.6 Å². The molecule has 0 unspecified atom stereocenters. The SMILES string of the molecule is Cc1cccc(C=NNc2nc(CCC[Si](C)(O)O)cc(N3CCOCC3)n2)c1. The second-order valence-corrected chi connectivity index (χ2v) is 10.4. The van der Waals surface area contributed by atoms with E-state index < -0.39 is 8.56 Å². The quantitative estimate of drug-likeness (QED) is 0.344. The number of ether oxygens (including phenoxy) is 1. The maximum absolute atomic E-state index is 9.66. The van der Waals surface area contributed by atoms with Crippen LogP contribution in [0, 0.1) is 6.92 Å². The van der Waals surface area contributed by atoms with Gasteiger partial charge in [-0.05, 0) is 37.9 Å². The van der Waals surface area contributed by atoms with Gasteiger partial charge in [0.05, 0.1) is 19.4 Å². The van der Waals surface area contributed by atoms with Gasteiger partial charge in [-0.15, -0.1) is 0 Å². The van der Waals surface area contributed by atoms with Crippen molar-refractivity contribution in [3.63, 3.8) is 0 Å². The van der Waals surface area contributed by atoms with Gasteiger partial charge in [-0.25, -0.2) is 10.4 Å².